The minimum atomic E-state index is 0. The van der Waals surface area contributed by atoms with Gasteiger partial charge in [-0.2, -0.15) is 0 Å². The van der Waals surface area contributed by atoms with E-state index in [0.717, 1.165) is 11.0 Å². The average Bonchev–Trinajstić information content (AvgIpc) is 2.33. The standard InChI is InChI=1S/C7H6N2.Si/c1-2-4-7-6(3-1)8-5-9-7;/h1-5H,(H,8,9);. The minimum Gasteiger partial charge on any atom is -0.345 e. The molecule has 10 heavy (non-hydrogen) atoms. The SMILES string of the molecule is [Si].c1ccc2[nH]cnc2c1. The van der Waals surface area contributed by atoms with Gasteiger partial charge in [0, 0.05) is 11.0 Å². The molecule has 4 radical (unpaired) electrons. The van der Waals surface area contributed by atoms with E-state index in [1.54, 1.807) is 6.33 Å². The molecular formula is C7H6N2Si. The van der Waals surface area contributed by atoms with Crippen molar-refractivity contribution >= 4 is 22.0 Å². The van der Waals surface area contributed by atoms with E-state index in [1.807, 2.05) is 24.3 Å². The normalized spacial score (nSPS) is 9.20. The minimum absolute atomic E-state index is 0. The molecule has 1 aromatic carbocycles. The third-order valence-electron chi connectivity index (χ3n) is 1.33. The summed E-state index contributed by atoms with van der Waals surface area (Å²) in [6.45, 7) is 0. The molecule has 0 bridgehead atoms. The summed E-state index contributed by atoms with van der Waals surface area (Å²) in [6.07, 6.45) is 1.70. The first-order valence-corrected chi connectivity index (χ1v) is 2.85. The van der Waals surface area contributed by atoms with Gasteiger partial charge in [-0.3, -0.25) is 0 Å². The van der Waals surface area contributed by atoms with Gasteiger partial charge in [0.25, 0.3) is 0 Å². The van der Waals surface area contributed by atoms with Gasteiger partial charge in [-0.05, 0) is 12.1 Å². The maximum Gasteiger partial charge on any atom is 0.0931 e. The van der Waals surface area contributed by atoms with Gasteiger partial charge in [0.05, 0.1) is 17.4 Å². The van der Waals surface area contributed by atoms with Crippen LogP contribution in [0.4, 0.5) is 0 Å². The van der Waals surface area contributed by atoms with Crippen molar-refractivity contribution in [3.63, 3.8) is 0 Å². The number of hydrogen-bond acceptors (Lipinski definition) is 1. The summed E-state index contributed by atoms with van der Waals surface area (Å²) in [5, 5.41) is 0. The Balaban J connectivity index is 0.000000500. The molecule has 2 nitrogen and oxygen atoms in total. The number of nitrogens with zero attached hydrogens (tertiary/aromatic N) is 1. The summed E-state index contributed by atoms with van der Waals surface area (Å²) < 4.78 is 0. The van der Waals surface area contributed by atoms with E-state index in [1.165, 1.54) is 0 Å². The molecule has 0 saturated carbocycles. The molecule has 1 heterocycles. The van der Waals surface area contributed by atoms with Crippen LogP contribution in [-0.4, -0.2) is 20.9 Å². The molecule has 0 atom stereocenters. The van der Waals surface area contributed by atoms with Crippen LogP contribution in [-0.2, 0) is 0 Å². The maximum atomic E-state index is 4.06. The zero-order valence-electron chi connectivity index (χ0n) is 5.33. The van der Waals surface area contributed by atoms with Gasteiger partial charge in [-0.15, -0.1) is 0 Å². The van der Waals surface area contributed by atoms with Crippen LogP contribution in [0.1, 0.15) is 0 Å². The highest BCUT2D eigenvalue weighted by Gasteiger charge is 1.88. The molecule has 0 spiro atoms. The zero-order valence-corrected chi connectivity index (χ0v) is 6.33. The van der Waals surface area contributed by atoms with Crippen molar-refractivity contribution in [2.45, 2.75) is 0 Å². The second-order valence-electron chi connectivity index (χ2n) is 1.92. The molecule has 1 aromatic heterocycles. The lowest BCUT2D eigenvalue weighted by Crippen LogP contribution is -1.63. The van der Waals surface area contributed by atoms with Crippen LogP contribution >= 0.6 is 0 Å². The van der Waals surface area contributed by atoms with E-state index in [9.17, 15) is 0 Å². The lowest BCUT2D eigenvalue weighted by Gasteiger charge is -1.81. The van der Waals surface area contributed by atoms with E-state index in [0.29, 0.717) is 0 Å². The first-order chi connectivity index (χ1) is 4.47. The van der Waals surface area contributed by atoms with Crippen molar-refractivity contribution in [3.8, 4) is 0 Å². The van der Waals surface area contributed by atoms with Crippen LogP contribution in [0.3, 0.4) is 0 Å². The van der Waals surface area contributed by atoms with Crippen LogP contribution in [0.25, 0.3) is 11.0 Å². The second kappa shape index (κ2) is 2.66. The monoisotopic (exact) mass is 146 g/mol. The Morgan fingerprint density at radius 1 is 1.20 bits per heavy atom. The lowest BCUT2D eigenvalue weighted by molar-refractivity contribution is 1.34. The topological polar surface area (TPSA) is 28.7 Å². The summed E-state index contributed by atoms with van der Waals surface area (Å²) in [6, 6.07) is 7.94. The number of fused-ring (bicyclic) bond motifs is 1. The number of benzene rings is 1. The fraction of sp³-hybridized carbons (Fsp3) is 0. The second-order valence-corrected chi connectivity index (χ2v) is 1.92. The fourth-order valence-corrected chi connectivity index (χ4v) is 0.880. The van der Waals surface area contributed by atoms with Crippen LogP contribution < -0.4 is 0 Å². The van der Waals surface area contributed by atoms with E-state index < -0.39 is 0 Å². The number of rotatable bonds is 0. The van der Waals surface area contributed by atoms with Crippen LogP contribution in [0, 0.1) is 0 Å². The summed E-state index contributed by atoms with van der Waals surface area (Å²) in [7, 11) is 0. The zero-order chi connectivity index (χ0) is 6.10. The Kier molecular flexibility index (Phi) is 1.87. The number of H-pyrrole nitrogens is 1. The molecule has 0 aliphatic carbocycles. The summed E-state index contributed by atoms with van der Waals surface area (Å²) in [5.74, 6) is 0. The third-order valence-corrected chi connectivity index (χ3v) is 1.33. The molecule has 2 aromatic rings. The molecule has 2 rings (SSSR count). The Morgan fingerprint density at radius 2 is 2.00 bits per heavy atom. The first-order valence-electron chi connectivity index (χ1n) is 2.85. The Morgan fingerprint density at radius 3 is 2.80 bits per heavy atom. The van der Waals surface area contributed by atoms with Gasteiger partial charge in [0.1, 0.15) is 0 Å². The van der Waals surface area contributed by atoms with E-state index in [4.69, 9.17) is 0 Å². The Labute approximate surface area is 63.3 Å². The fourth-order valence-electron chi connectivity index (χ4n) is 0.880. The Bertz CT molecular complexity index is 286. The molecule has 0 aliphatic heterocycles. The summed E-state index contributed by atoms with van der Waals surface area (Å²) in [4.78, 5) is 7.07. The predicted molar refractivity (Wildman–Crippen MR) is 41.8 cm³/mol. The number of aromatic nitrogens is 2. The molecule has 0 fully saturated rings. The third kappa shape index (κ3) is 0.952. The molecule has 0 aliphatic rings. The van der Waals surface area contributed by atoms with Crippen molar-refractivity contribution in [2.75, 3.05) is 0 Å². The average molecular weight is 146 g/mol. The van der Waals surface area contributed by atoms with E-state index >= 15 is 0 Å². The van der Waals surface area contributed by atoms with Gasteiger partial charge in [0.2, 0.25) is 0 Å². The van der Waals surface area contributed by atoms with E-state index in [2.05, 4.69) is 9.97 Å². The number of aromatic amines is 1. The highest BCUT2D eigenvalue weighted by molar-refractivity contribution is 5.75. The maximum absolute atomic E-state index is 4.06. The van der Waals surface area contributed by atoms with Gasteiger partial charge < -0.3 is 4.98 Å². The van der Waals surface area contributed by atoms with Crippen molar-refractivity contribution in [1.29, 1.82) is 0 Å². The Hall–Kier alpha value is -1.09. The number of nitrogens with one attached hydrogen (secondary N) is 1. The number of hydrogen-bond donors (Lipinski definition) is 1. The van der Waals surface area contributed by atoms with Gasteiger partial charge in [-0.25, -0.2) is 4.98 Å². The van der Waals surface area contributed by atoms with Gasteiger partial charge in [0.15, 0.2) is 0 Å². The highest BCUT2D eigenvalue weighted by atomic mass is 28.1. The lowest BCUT2D eigenvalue weighted by atomic mass is 10.3. The number of para-hydroxylation sites is 2. The quantitative estimate of drug-likeness (QED) is 0.555. The summed E-state index contributed by atoms with van der Waals surface area (Å²) in [5.41, 5.74) is 2.12. The molecule has 0 amide bonds. The van der Waals surface area contributed by atoms with Gasteiger partial charge >= 0.3 is 0 Å². The van der Waals surface area contributed by atoms with E-state index in [-0.39, 0.29) is 11.0 Å². The van der Waals surface area contributed by atoms with Crippen LogP contribution in [0.15, 0.2) is 30.6 Å². The number of imidazole rings is 1. The largest absolute Gasteiger partial charge is 0.345 e. The molecule has 48 valence electrons. The molecule has 0 unspecified atom stereocenters. The molecule has 1 N–H and O–H groups in total. The van der Waals surface area contributed by atoms with Crippen molar-refractivity contribution in [1.82, 2.24) is 9.97 Å². The van der Waals surface area contributed by atoms with Crippen molar-refractivity contribution in [2.24, 2.45) is 0 Å². The predicted octanol–water partition coefficient (Wildman–Crippen LogP) is 1.18. The smallest absolute Gasteiger partial charge is 0.0931 e. The molecule has 3 heteroatoms. The molecular weight excluding hydrogens is 140 g/mol. The van der Waals surface area contributed by atoms with Crippen molar-refractivity contribution in [3.05, 3.63) is 30.6 Å². The van der Waals surface area contributed by atoms with Crippen molar-refractivity contribution < 1.29 is 0 Å². The van der Waals surface area contributed by atoms with Gasteiger partial charge in [-0.1, -0.05) is 12.1 Å². The van der Waals surface area contributed by atoms with Crippen LogP contribution in [0.2, 0.25) is 0 Å². The molecule has 0 saturated heterocycles. The highest BCUT2D eigenvalue weighted by Crippen LogP contribution is 2.05. The first kappa shape index (κ1) is 7.02. The van der Waals surface area contributed by atoms with Crippen LogP contribution in [0.5, 0.6) is 0 Å². The summed E-state index contributed by atoms with van der Waals surface area (Å²) >= 11 is 0.